The number of hydrogen-bond donors (Lipinski definition) is 5. The van der Waals surface area contributed by atoms with Crippen LogP contribution in [0.4, 0.5) is 0 Å². The lowest BCUT2D eigenvalue weighted by molar-refractivity contribution is -0.156. The van der Waals surface area contributed by atoms with Crippen LogP contribution in [0.1, 0.15) is 30.4 Å². The van der Waals surface area contributed by atoms with Gasteiger partial charge in [-0.25, -0.2) is 0 Å². The number of hydrogen-bond acceptors (Lipinski definition) is 9. The zero-order valence-corrected chi connectivity index (χ0v) is 19.2. The zero-order chi connectivity index (χ0) is 25.2. The number of benzene rings is 1. The van der Waals surface area contributed by atoms with Crippen molar-refractivity contribution in [3.63, 3.8) is 0 Å². The van der Waals surface area contributed by atoms with E-state index in [-0.39, 0.29) is 35.8 Å². The fourth-order valence-corrected chi connectivity index (χ4v) is 6.38. The molecule has 0 aromatic heterocycles. The molecule has 1 saturated heterocycles. The molecule has 1 aliphatic heterocycles. The third-order valence-corrected chi connectivity index (χ3v) is 8.11. The number of carbonyl (C=O) groups excluding carboxylic acids is 3. The van der Waals surface area contributed by atoms with Gasteiger partial charge in [0.15, 0.2) is 11.4 Å². The second-order valence-corrected chi connectivity index (χ2v) is 9.82. The van der Waals surface area contributed by atoms with Crippen LogP contribution >= 0.6 is 0 Å². The minimum Gasteiger partial charge on any atom is -0.508 e. The molecule has 3 aliphatic carbocycles. The van der Waals surface area contributed by atoms with Crippen LogP contribution < -0.4 is 5.73 Å². The highest BCUT2D eigenvalue weighted by molar-refractivity contribution is 6.24. The molecule has 10 nitrogen and oxygen atoms in total. The van der Waals surface area contributed by atoms with Crippen molar-refractivity contribution in [3.05, 3.63) is 46.2 Å². The summed E-state index contributed by atoms with van der Waals surface area (Å²) in [4.78, 5) is 41.3. The van der Waals surface area contributed by atoms with Crippen LogP contribution in [0.5, 0.6) is 5.75 Å². The molecule has 186 valence electrons. The van der Waals surface area contributed by atoms with Crippen molar-refractivity contribution in [1.82, 2.24) is 4.90 Å². The Labute approximate surface area is 201 Å². The van der Waals surface area contributed by atoms with Gasteiger partial charge < -0.3 is 30.9 Å². The molecule has 0 bridgehead atoms. The smallest absolute Gasteiger partial charge is 0.255 e. The highest BCUT2D eigenvalue weighted by Crippen LogP contribution is 2.52. The summed E-state index contributed by atoms with van der Waals surface area (Å²) in [5.74, 6) is -6.42. The number of primary amides is 1. The monoisotopic (exact) mass is 484 g/mol. The van der Waals surface area contributed by atoms with E-state index in [0.29, 0.717) is 31.6 Å². The van der Waals surface area contributed by atoms with Gasteiger partial charge in [0.05, 0.1) is 11.6 Å². The molecular weight excluding hydrogens is 456 g/mol. The van der Waals surface area contributed by atoms with Crippen molar-refractivity contribution >= 4 is 23.2 Å². The van der Waals surface area contributed by atoms with Crippen molar-refractivity contribution in [1.29, 1.82) is 0 Å². The summed E-state index contributed by atoms with van der Waals surface area (Å²) < 4.78 is 5.42. The van der Waals surface area contributed by atoms with Crippen LogP contribution in [0.25, 0.3) is 5.76 Å². The highest BCUT2D eigenvalue weighted by Gasteiger charge is 2.64. The van der Waals surface area contributed by atoms with Crippen LogP contribution in [-0.4, -0.2) is 80.7 Å². The van der Waals surface area contributed by atoms with Gasteiger partial charge in [0.1, 0.15) is 22.8 Å². The first-order chi connectivity index (χ1) is 16.6. The standard InChI is InChI=1S/C25H28N2O8/c1-27(13-5-7-35-8-6-13)19-14-10-12-9-11-3-2-4-15(28)16(11)20(29)17(12)22(31)25(14,34)23(32)18(21(19)30)24(26)33/h2-4,12-14,19,28-29,32,34H,5-10H2,1H3,(H2,26,33)/t12?,14-,19+,25-/m0/s1. The summed E-state index contributed by atoms with van der Waals surface area (Å²) in [7, 11) is 1.70. The maximum absolute atomic E-state index is 13.8. The van der Waals surface area contributed by atoms with E-state index in [4.69, 9.17) is 10.5 Å². The number of nitrogens with two attached hydrogens (primary N) is 1. The zero-order valence-electron chi connectivity index (χ0n) is 19.2. The Kier molecular flexibility index (Phi) is 5.50. The number of phenols is 1. The lowest BCUT2D eigenvalue weighted by Crippen LogP contribution is -2.67. The molecular formula is C25H28N2O8. The summed E-state index contributed by atoms with van der Waals surface area (Å²) in [5.41, 5.74) is 2.56. The maximum atomic E-state index is 13.8. The lowest BCUT2D eigenvalue weighted by atomic mass is 9.57. The molecule has 6 N–H and O–H groups in total. The number of carbonyl (C=O) groups is 3. The van der Waals surface area contributed by atoms with Gasteiger partial charge in [0.25, 0.3) is 5.91 Å². The summed E-state index contributed by atoms with van der Waals surface area (Å²) >= 11 is 0. The fraction of sp³-hybridized carbons (Fsp3) is 0.480. The second-order valence-electron chi connectivity index (χ2n) is 9.82. The van der Waals surface area contributed by atoms with E-state index < -0.39 is 58.0 Å². The Balaban J connectivity index is 1.68. The normalized spacial score (nSPS) is 31.3. The summed E-state index contributed by atoms with van der Waals surface area (Å²) in [5, 5.41) is 44.1. The topological polar surface area (TPSA) is 171 Å². The number of aliphatic hydroxyl groups is 3. The third kappa shape index (κ3) is 3.24. The number of rotatable bonds is 3. The molecule has 1 unspecified atom stereocenters. The van der Waals surface area contributed by atoms with E-state index in [0.717, 1.165) is 0 Å². The molecule has 0 radical (unpaired) electrons. The first-order valence-corrected chi connectivity index (χ1v) is 11.7. The predicted octanol–water partition coefficient (Wildman–Crippen LogP) is 0.513. The quantitative estimate of drug-likeness (QED) is 0.384. The maximum Gasteiger partial charge on any atom is 0.255 e. The minimum absolute atomic E-state index is 0.0802. The number of amides is 1. The van der Waals surface area contributed by atoms with Gasteiger partial charge in [-0.05, 0) is 50.3 Å². The Morgan fingerprint density at radius 2 is 1.86 bits per heavy atom. The molecule has 0 spiro atoms. The molecule has 4 atom stereocenters. The first-order valence-electron chi connectivity index (χ1n) is 11.7. The number of nitrogens with zero attached hydrogens (tertiary/aromatic N) is 1. The van der Waals surface area contributed by atoms with Gasteiger partial charge in [0, 0.05) is 30.7 Å². The largest absolute Gasteiger partial charge is 0.508 e. The van der Waals surface area contributed by atoms with E-state index in [9.17, 15) is 34.8 Å². The van der Waals surface area contributed by atoms with Gasteiger partial charge in [-0.3, -0.25) is 19.3 Å². The predicted molar refractivity (Wildman–Crippen MR) is 122 cm³/mol. The van der Waals surface area contributed by atoms with Crippen LogP contribution in [0.3, 0.4) is 0 Å². The number of phenolic OH excluding ortho intramolecular Hbond substituents is 1. The number of Topliss-reactive ketones (excluding diaryl/α,β-unsaturated/α-hetero) is 2. The van der Waals surface area contributed by atoms with Gasteiger partial charge in [0.2, 0.25) is 5.78 Å². The van der Waals surface area contributed by atoms with Crippen molar-refractivity contribution in [2.24, 2.45) is 17.6 Å². The van der Waals surface area contributed by atoms with E-state index in [1.165, 1.54) is 6.07 Å². The van der Waals surface area contributed by atoms with E-state index in [1.54, 1.807) is 24.1 Å². The van der Waals surface area contributed by atoms with Crippen LogP contribution in [0.2, 0.25) is 0 Å². The molecule has 1 aromatic rings. The van der Waals surface area contributed by atoms with E-state index >= 15 is 0 Å². The summed E-state index contributed by atoms with van der Waals surface area (Å²) in [6, 6.07) is 3.53. The number of likely N-dealkylation sites (N-methyl/N-ethyl adjacent to an activating group) is 1. The number of aliphatic hydroxyl groups excluding tert-OH is 2. The molecule has 5 rings (SSSR count). The van der Waals surface area contributed by atoms with Crippen molar-refractivity contribution < 1.29 is 39.5 Å². The highest BCUT2D eigenvalue weighted by atomic mass is 16.5. The Hall–Kier alpha value is -3.21. The molecule has 10 heteroatoms. The third-order valence-electron chi connectivity index (χ3n) is 8.11. The fourth-order valence-electron chi connectivity index (χ4n) is 6.38. The molecule has 4 aliphatic rings. The molecule has 1 aromatic carbocycles. The molecule has 1 saturated carbocycles. The Morgan fingerprint density at radius 3 is 2.51 bits per heavy atom. The van der Waals surface area contributed by atoms with Crippen LogP contribution in [-0.2, 0) is 25.5 Å². The average molecular weight is 485 g/mol. The van der Waals surface area contributed by atoms with Crippen LogP contribution in [0, 0.1) is 11.8 Å². The van der Waals surface area contributed by atoms with Crippen molar-refractivity contribution in [3.8, 4) is 5.75 Å². The average Bonchev–Trinajstić information content (AvgIpc) is 2.81. The summed E-state index contributed by atoms with van der Waals surface area (Å²) in [6.45, 7) is 0.967. The van der Waals surface area contributed by atoms with Gasteiger partial charge in [-0.2, -0.15) is 0 Å². The SMILES string of the molecule is CN(C1CCOCC1)[C@H]1C(=O)C(C(N)=O)=C(O)[C@@]2(O)C(=O)C3=C(O)c4c(O)cccc4CC3C[C@@H]12. The summed E-state index contributed by atoms with van der Waals surface area (Å²) in [6.07, 6.45) is 1.60. The number of fused-ring (bicyclic) bond motifs is 3. The molecule has 35 heavy (non-hydrogen) atoms. The lowest BCUT2D eigenvalue weighted by Gasteiger charge is -2.52. The minimum atomic E-state index is -2.63. The van der Waals surface area contributed by atoms with E-state index in [1.807, 2.05) is 0 Å². The van der Waals surface area contributed by atoms with Crippen LogP contribution in [0.15, 0.2) is 35.1 Å². The van der Waals surface area contributed by atoms with Gasteiger partial charge >= 0.3 is 0 Å². The Bertz CT molecular complexity index is 1200. The molecule has 1 heterocycles. The number of aromatic hydroxyl groups is 1. The Morgan fingerprint density at radius 1 is 1.17 bits per heavy atom. The van der Waals surface area contributed by atoms with Crippen molar-refractivity contribution in [2.45, 2.75) is 43.4 Å². The second kappa shape index (κ2) is 8.18. The van der Waals surface area contributed by atoms with Gasteiger partial charge in [-0.15, -0.1) is 0 Å². The first kappa shape index (κ1) is 23.5. The van der Waals surface area contributed by atoms with E-state index in [2.05, 4.69) is 0 Å². The molecule has 2 fully saturated rings. The van der Waals surface area contributed by atoms with Crippen molar-refractivity contribution in [2.75, 3.05) is 20.3 Å². The van der Waals surface area contributed by atoms with Gasteiger partial charge in [-0.1, -0.05) is 12.1 Å². The number of ether oxygens (including phenoxy) is 1. The number of ketones is 2. The molecule has 1 amide bonds.